The monoisotopic (exact) mass is 427 g/mol. The molecular formula is C22H22ClN3O4. The number of aromatic nitrogens is 2. The predicted octanol–water partition coefficient (Wildman–Crippen LogP) is 3.90. The van der Waals surface area contributed by atoms with Gasteiger partial charge in [0.05, 0.1) is 25.4 Å². The highest BCUT2D eigenvalue weighted by Gasteiger charge is 2.44. The van der Waals surface area contributed by atoms with Gasteiger partial charge in [0.25, 0.3) is 5.91 Å². The molecule has 1 N–H and O–H groups in total. The summed E-state index contributed by atoms with van der Waals surface area (Å²) in [6.07, 6.45) is -0.567. The first-order valence-corrected chi connectivity index (χ1v) is 9.80. The van der Waals surface area contributed by atoms with E-state index < -0.39 is 12.3 Å². The van der Waals surface area contributed by atoms with Crippen LogP contribution < -0.4 is 4.74 Å². The number of ether oxygens (including phenoxy) is 3. The number of halogens is 1. The molecule has 0 radical (unpaired) electrons. The van der Waals surface area contributed by atoms with Gasteiger partial charge in [-0.1, -0.05) is 41.9 Å². The molecule has 2 aromatic carbocycles. The molecular weight excluding hydrogens is 406 g/mol. The molecule has 0 spiro atoms. The number of carbonyl (C=O) groups is 1. The molecule has 1 aliphatic rings. The maximum atomic E-state index is 13.3. The zero-order valence-corrected chi connectivity index (χ0v) is 17.6. The molecule has 7 nitrogen and oxygen atoms in total. The Morgan fingerprint density at radius 2 is 1.80 bits per heavy atom. The van der Waals surface area contributed by atoms with Crippen molar-refractivity contribution in [3.8, 4) is 17.0 Å². The van der Waals surface area contributed by atoms with Crippen LogP contribution >= 0.6 is 11.6 Å². The number of carbonyl (C=O) groups excluding carboxylic acids is 1. The van der Waals surface area contributed by atoms with Crippen LogP contribution in [-0.2, 0) is 9.47 Å². The van der Waals surface area contributed by atoms with Gasteiger partial charge in [0.2, 0.25) is 0 Å². The number of hydrogen-bond acceptors (Lipinski definition) is 5. The van der Waals surface area contributed by atoms with Gasteiger partial charge >= 0.3 is 0 Å². The number of rotatable bonds is 7. The Hall–Kier alpha value is -2.87. The van der Waals surface area contributed by atoms with E-state index in [0.717, 1.165) is 16.7 Å². The summed E-state index contributed by atoms with van der Waals surface area (Å²) in [6.45, 7) is 0.247. The van der Waals surface area contributed by atoms with Crippen LogP contribution in [0.15, 0.2) is 48.5 Å². The van der Waals surface area contributed by atoms with Gasteiger partial charge in [-0.25, -0.2) is 0 Å². The lowest BCUT2D eigenvalue weighted by Gasteiger charge is -2.29. The summed E-state index contributed by atoms with van der Waals surface area (Å²) < 4.78 is 16.3. The standard InChI is InChI=1S/C22H22ClN3O4/c1-28-16-7-5-4-6-15(16)21-18-19(13-8-10-14(23)11-9-13)24-25-20(18)22(27)26(21)12-17(29-2)30-3/h4-11,17,21H,12H2,1-3H3,(H,24,25). The second-order valence-corrected chi connectivity index (χ2v) is 7.31. The Bertz CT molecular complexity index is 1050. The van der Waals surface area contributed by atoms with Crippen molar-refractivity contribution in [3.05, 3.63) is 70.4 Å². The summed E-state index contributed by atoms with van der Waals surface area (Å²) in [5, 5.41) is 8.02. The van der Waals surface area contributed by atoms with E-state index in [4.69, 9.17) is 25.8 Å². The van der Waals surface area contributed by atoms with Gasteiger partial charge in [0.1, 0.15) is 11.4 Å². The number of H-pyrrole nitrogens is 1. The van der Waals surface area contributed by atoms with Crippen molar-refractivity contribution < 1.29 is 19.0 Å². The van der Waals surface area contributed by atoms with Gasteiger partial charge in [-0.15, -0.1) is 0 Å². The topological polar surface area (TPSA) is 76.7 Å². The van der Waals surface area contributed by atoms with E-state index in [2.05, 4.69) is 10.2 Å². The lowest BCUT2D eigenvalue weighted by molar-refractivity contribution is -0.113. The van der Waals surface area contributed by atoms with E-state index in [1.165, 1.54) is 0 Å². The molecule has 2 heterocycles. The van der Waals surface area contributed by atoms with Crippen LogP contribution in [0.2, 0.25) is 5.02 Å². The normalized spacial score (nSPS) is 15.7. The summed E-state index contributed by atoms with van der Waals surface area (Å²) >= 11 is 6.06. The van der Waals surface area contributed by atoms with Crippen molar-refractivity contribution in [2.75, 3.05) is 27.9 Å². The summed E-state index contributed by atoms with van der Waals surface area (Å²) in [5.74, 6) is 0.510. The van der Waals surface area contributed by atoms with Crippen molar-refractivity contribution in [3.63, 3.8) is 0 Å². The molecule has 0 aliphatic carbocycles. The molecule has 0 bridgehead atoms. The van der Waals surface area contributed by atoms with Gasteiger partial charge < -0.3 is 19.1 Å². The zero-order valence-electron chi connectivity index (χ0n) is 16.9. The van der Waals surface area contributed by atoms with Crippen molar-refractivity contribution in [2.45, 2.75) is 12.3 Å². The van der Waals surface area contributed by atoms with E-state index in [1.807, 2.05) is 36.4 Å². The summed E-state index contributed by atoms with van der Waals surface area (Å²) in [5.41, 5.74) is 3.65. The van der Waals surface area contributed by atoms with Crippen molar-refractivity contribution in [2.24, 2.45) is 0 Å². The SMILES string of the molecule is COc1ccccc1C1c2c(-c3ccc(Cl)cc3)n[nH]c2C(=O)N1CC(OC)OC. The second kappa shape index (κ2) is 8.47. The number of nitrogens with one attached hydrogen (secondary N) is 1. The highest BCUT2D eigenvalue weighted by atomic mass is 35.5. The van der Waals surface area contributed by atoms with Gasteiger partial charge in [-0.2, -0.15) is 5.10 Å². The molecule has 4 rings (SSSR count). The number of hydrogen-bond donors (Lipinski definition) is 1. The second-order valence-electron chi connectivity index (χ2n) is 6.87. The Morgan fingerprint density at radius 1 is 1.10 bits per heavy atom. The number of aromatic amines is 1. The molecule has 1 atom stereocenters. The minimum atomic E-state index is -0.567. The van der Waals surface area contributed by atoms with Gasteiger partial charge in [-0.05, 0) is 18.2 Å². The average Bonchev–Trinajstić information content (AvgIpc) is 3.31. The van der Waals surface area contributed by atoms with E-state index in [0.29, 0.717) is 22.2 Å². The summed E-state index contributed by atoms with van der Waals surface area (Å²) in [7, 11) is 4.71. The Balaban J connectivity index is 1.88. The van der Waals surface area contributed by atoms with Crippen LogP contribution in [0.1, 0.15) is 27.7 Å². The molecule has 30 heavy (non-hydrogen) atoms. The fraction of sp³-hybridized carbons (Fsp3) is 0.273. The van der Waals surface area contributed by atoms with E-state index in [1.54, 1.807) is 38.4 Å². The van der Waals surface area contributed by atoms with Crippen LogP contribution in [-0.4, -0.2) is 55.2 Å². The van der Waals surface area contributed by atoms with Crippen LogP contribution in [0.4, 0.5) is 0 Å². The van der Waals surface area contributed by atoms with Crippen LogP contribution in [0.5, 0.6) is 5.75 Å². The smallest absolute Gasteiger partial charge is 0.273 e. The molecule has 8 heteroatoms. The number of amides is 1. The summed E-state index contributed by atoms with van der Waals surface area (Å²) in [4.78, 5) is 15.0. The highest BCUT2D eigenvalue weighted by molar-refractivity contribution is 6.30. The number of methoxy groups -OCH3 is 3. The van der Waals surface area contributed by atoms with E-state index in [-0.39, 0.29) is 12.5 Å². The third-order valence-electron chi connectivity index (χ3n) is 5.29. The number of fused-ring (bicyclic) bond motifs is 1. The first-order valence-electron chi connectivity index (χ1n) is 9.42. The largest absolute Gasteiger partial charge is 0.496 e. The maximum absolute atomic E-state index is 13.3. The number of para-hydroxylation sites is 1. The number of nitrogens with zero attached hydrogens (tertiary/aromatic N) is 2. The number of benzene rings is 2. The first-order chi connectivity index (χ1) is 14.6. The van der Waals surface area contributed by atoms with Gasteiger partial charge in [-0.3, -0.25) is 9.89 Å². The minimum absolute atomic E-state index is 0.173. The van der Waals surface area contributed by atoms with Crippen molar-refractivity contribution in [1.29, 1.82) is 0 Å². The molecule has 1 aromatic heterocycles. The molecule has 0 fully saturated rings. The lowest BCUT2D eigenvalue weighted by Crippen LogP contribution is -2.38. The molecule has 3 aromatic rings. The fourth-order valence-electron chi connectivity index (χ4n) is 3.83. The highest BCUT2D eigenvalue weighted by Crippen LogP contribution is 2.45. The molecule has 1 amide bonds. The average molecular weight is 428 g/mol. The minimum Gasteiger partial charge on any atom is -0.496 e. The van der Waals surface area contributed by atoms with Crippen molar-refractivity contribution in [1.82, 2.24) is 15.1 Å². The van der Waals surface area contributed by atoms with Crippen LogP contribution in [0.3, 0.4) is 0 Å². The van der Waals surface area contributed by atoms with Gasteiger partial charge in [0, 0.05) is 35.9 Å². The fourth-order valence-corrected chi connectivity index (χ4v) is 3.96. The Kier molecular flexibility index (Phi) is 5.76. The van der Waals surface area contributed by atoms with Crippen LogP contribution in [0, 0.1) is 0 Å². The molecule has 0 saturated heterocycles. The van der Waals surface area contributed by atoms with E-state index in [9.17, 15) is 4.79 Å². The maximum Gasteiger partial charge on any atom is 0.273 e. The first kappa shape index (κ1) is 20.4. The Morgan fingerprint density at radius 3 is 2.47 bits per heavy atom. The van der Waals surface area contributed by atoms with Crippen LogP contribution in [0.25, 0.3) is 11.3 Å². The molecule has 1 aliphatic heterocycles. The zero-order chi connectivity index (χ0) is 21.3. The molecule has 156 valence electrons. The Labute approximate surface area is 179 Å². The van der Waals surface area contributed by atoms with Crippen molar-refractivity contribution >= 4 is 17.5 Å². The lowest BCUT2D eigenvalue weighted by atomic mass is 9.95. The molecule has 1 unspecified atom stereocenters. The third kappa shape index (κ3) is 3.45. The van der Waals surface area contributed by atoms with E-state index >= 15 is 0 Å². The van der Waals surface area contributed by atoms with Gasteiger partial charge in [0.15, 0.2) is 6.29 Å². The predicted molar refractivity (Wildman–Crippen MR) is 113 cm³/mol. The quantitative estimate of drug-likeness (QED) is 0.578. The third-order valence-corrected chi connectivity index (χ3v) is 5.54. The summed E-state index contributed by atoms with van der Waals surface area (Å²) in [6, 6.07) is 14.6. The molecule has 0 saturated carbocycles.